The van der Waals surface area contributed by atoms with Crippen molar-refractivity contribution >= 4 is 11.8 Å². The van der Waals surface area contributed by atoms with Gasteiger partial charge in [0.05, 0.1) is 6.10 Å². The van der Waals surface area contributed by atoms with Gasteiger partial charge >= 0.3 is 0 Å². The van der Waals surface area contributed by atoms with Gasteiger partial charge in [-0.25, -0.2) is 0 Å². The number of rotatable bonds is 2. The van der Waals surface area contributed by atoms with Gasteiger partial charge in [0.2, 0.25) is 0 Å². The zero-order valence-corrected chi connectivity index (χ0v) is 6.99. The SMILES string of the molecule is CSCC1OC(O)[C@H](O)[C@@H]1O. The van der Waals surface area contributed by atoms with Crippen LogP contribution in [0.1, 0.15) is 0 Å². The number of thioether (sulfide) groups is 1. The molecule has 4 atom stereocenters. The molecule has 1 fully saturated rings. The fourth-order valence-electron chi connectivity index (χ4n) is 1.03. The van der Waals surface area contributed by atoms with Gasteiger partial charge in [-0.3, -0.25) is 0 Å². The molecule has 0 aromatic carbocycles. The van der Waals surface area contributed by atoms with Crippen LogP contribution >= 0.6 is 11.8 Å². The second-order valence-corrected chi connectivity index (χ2v) is 3.41. The molecule has 4 nitrogen and oxygen atoms in total. The van der Waals surface area contributed by atoms with Crippen molar-refractivity contribution in [3.05, 3.63) is 0 Å². The van der Waals surface area contributed by atoms with Gasteiger partial charge in [-0.05, 0) is 6.26 Å². The standard InChI is InChI=1S/C6H12O4S/c1-11-2-3-4(7)5(8)6(9)10-3/h3-9H,2H2,1H3/t3?,4-,5-,6?/m1/s1. The summed E-state index contributed by atoms with van der Waals surface area (Å²) >= 11 is 1.50. The van der Waals surface area contributed by atoms with Crippen molar-refractivity contribution in [1.82, 2.24) is 0 Å². The number of aliphatic hydroxyl groups is 3. The highest BCUT2D eigenvalue weighted by molar-refractivity contribution is 7.98. The van der Waals surface area contributed by atoms with Crippen molar-refractivity contribution < 1.29 is 20.1 Å². The normalized spacial score (nSPS) is 44.7. The summed E-state index contributed by atoms with van der Waals surface area (Å²) in [6, 6.07) is 0. The van der Waals surface area contributed by atoms with Crippen LogP contribution < -0.4 is 0 Å². The van der Waals surface area contributed by atoms with E-state index in [1.165, 1.54) is 11.8 Å². The highest BCUT2D eigenvalue weighted by Crippen LogP contribution is 2.21. The first kappa shape index (κ1) is 9.28. The minimum absolute atomic E-state index is 0.449. The van der Waals surface area contributed by atoms with Gasteiger partial charge in [-0.2, -0.15) is 11.8 Å². The highest BCUT2D eigenvalue weighted by atomic mass is 32.2. The quantitative estimate of drug-likeness (QED) is 0.497. The zero-order chi connectivity index (χ0) is 8.43. The van der Waals surface area contributed by atoms with Crippen molar-refractivity contribution in [2.24, 2.45) is 0 Å². The number of ether oxygens (including phenoxy) is 1. The third kappa shape index (κ3) is 1.86. The molecule has 1 aliphatic rings. The lowest BCUT2D eigenvalue weighted by Gasteiger charge is -2.11. The summed E-state index contributed by atoms with van der Waals surface area (Å²) in [5.41, 5.74) is 0. The average Bonchev–Trinajstić information content (AvgIpc) is 2.19. The molecule has 3 N–H and O–H groups in total. The summed E-state index contributed by atoms with van der Waals surface area (Å²) < 4.78 is 4.86. The third-order valence-electron chi connectivity index (χ3n) is 1.67. The van der Waals surface area contributed by atoms with Crippen LogP contribution in [0.3, 0.4) is 0 Å². The smallest absolute Gasteiger partial charge is 0.183 e. The summed E-state index contributed by atoms with van der Waals surface area (Å²) in [7, 11) is 0. The maximum absolute atomic E-state index is 9.21. The third-order valence-corrected chi connectivity index (χ3v) is 2.33. The van der Waals surface area contributed by atoms with Gasteiger partial charge in [0.15, 0.2) is 6.29 Å². The first-order valence-corrected chi connectivity index (χ1v) is 4.75. The molecule has 0 aromatic rings. The van der Waals surface area contributed by atoms with Crippen LogP contribution in [-0.4, -0.2) is 51.9 Å². The van der Waals surface area contributed by atoms with E-state index in [1.54, 1.807) is 0 Å². The minimum atomic E-state index is -1.23. The molecule has 11 heavy (non-hydrogen) atoms. The Balaban J connectivity index is 2.45. The second-order valence-electron chi connectivity index (χ2n) is 2.50. The molecule has 0 radical (unpaired) electrons. The van der Waals surface area contributed by atoms with Crippen molar-refractivity contribution in [1.29, 1.82) is 0 Å². The van der Waals surface area contributed by atoms with E-state index >= 15 is 0 Å². The maximum Gasteiger partial charge on any atom is 0.183 e. The topological polar surface area (TPSA) is 69.9 Å². The van der Waals surface area contributed by atoms with E-state index in [2.05, 4.69) is 0 Å². The fourth-order valence-corrected chi connectivity index (χ4v) is 1.64. The molecule has 0 amide bonds. The summed E-state index contributed by atoms with van der Waals surface area (Å²) in [4.78, 5) is 0. The van der Waals surface area contributed by atoms with Crippen LogP contribution in [-0.2, 0) is 4.74 Å². The second kappa shape index (κ2) is 3.73. The lowest BCUT2D eigenvalue weighted by molar-refractivity contribution is -0.123. The Bertz CT molecular complexity index is 132. The summed E-state index contributed by atoms with van der Waals surface area (Å²) in [5, 5.41) is 27.2. The van der Waals surface area contributed by atoms with Gasteiger partial charge in [-0.15, -0.1) is 0 Å². The lowest BCUT2D eigenvalue weighted by atomic mass is 10.2. The van der Waals surface area contributed by atoms with E-state index in [1.807, 2.05) is 6.26 Å². The van der Waals surface area contributed by atoms with E-state index < -0.39 is 24.6 Å². The molecule has 0 aliphatic carbocycles. The monoisotopic (exact) mass is 180 g/mol. The zero-order valence-electron chi connectivity index (χ0n) is 6.17. The molecular weight excluding hydrogens is 168 g/mol. The Morgan fingerprint density at radius 1 is 1.27 bits per heavy atom. The number of hydrogen-bond acceptors (Lipinski definition) is 5. The molecule has 5 heteroatoms. The van der Waals surface area contributed by atoms with Crippen LogP contribution in [0.2, 0.25) is 0 Å². The fraction of sp³-hybridized carbons (Fsp3) is 1.00. The Morgan fingerprint density at radius 3 is 2.27 bits per heavy atom. The molecule has 0 spiro atoms. The van der Waals surface area contributed by atoms with Crippen LogP contribution in [0.15, 0.2) is 0 Å². The predicted molar refractivity (Wildman–Crippen MR) is 41.3 cm³/mol. The number of aliphatic hydroxyl groups excluding tert-OH is 3. The lowest BCUT2D eigenvalue weighted by Crippen LogP contribution is -2.33. The van der Waals surface area contributed by atoms with Crippen molar-refractivity contribution in [2.75, 3.05) is 12.0 Å². The van der Waals surface area contributed by atoms with E-state index in [4.69, 9.17) is 14.9 Å². The molecule has 66 valence electrons. The molecular formula is C6H12O4S. The van der Waals surface area contributed by atoms with Crippen molar-refractivity contribution in [3.63, 3.8) is 0 Å². The number of hydrogen-bond donors (Lipinski definition) is 3. The molecule has 0 aromatic heterocycles. The van der Waals surface area contributed by atoms with Gasteiger partial charge in [0.1, 0.15) is 12.2 Å². The molecule has 1 heterocycles. The van der Waals surface area contributed by atoms with Gasteiger partial charge < -0.3 is 20.1 Å². The van der Waals surface area contributed by atoms with Gasteiger partial charge in [-0.1, -0.05) is 0 Å². The first-order chi connectivity index (χ1) is 5.16. The van der Waals surface area contributed by atoms with Crippen molar-refractivity contribution in [3.8, 4) is 0 Å². The first-order valence-electron chi connectivity index (χ1n) is 3.35. The molecule has 1 rings (SSSR count). The molecule has 1 aliphatic heterocycles. The van der Waals surface area contributed by atoms with E-state index in [0.717, 1.165) is 0 Å². The van der Waals surface area contributed by atoms with Crippen LogP contribution in [0.5, 0.6) is 0 Å². The van der Waals surface area contributed by atoms with E-state index in [9.17, 15) is 5.11 Å². The summed E-state index contributed by atoms with van der Waals surface area (Å²) in [6.07, 6.45) is -1.94. The highest BCUT2D eigenvalue weighted by Gasteiger charge is 2.41. The van der Waals surface area contributed by atoms with Crippen LogP contribution in [0.4, 0.5) is 0 Å². The molecule has 2 unspecified atom stereocenters. The van der Waals surface area contributed by atoms with Gasteiger partial charge in [0.25, 0.3) is 0 Å². The summed E-state index contributed by atoms with van der Waals surface area (Å²) in [5.74, 6) is 0.579. The average molecular weight is 180 g/mol. The maximum atomic E-state index is 9.21. The van der Waals surface area contributed by atoms with Crippen molar-refractivity contribution in [2.45, 2.75) is 24.6 Å². The molecule has 1 saturated heterocycles. The summed E-state index contributed by atoms with van der Waals surface area (Å²) in [6.45, 7) is 0. The van der Waals surface area contributed by atoms with Gasteiger partial charge in [0, 0.05) is 5.75 Å². The Hall–Kier alpha value is 0.190. The Morgan fingerprint density at radius 2 is 1.91 bits per heavy atom. The van der Waals surface area contributed by atoms with Crippen LogP contribution in [0.25, 0.3) is 0 Å². The van der Waals surface area contributed by atoms with E-state index in [0.29, 0.717) is 5.75 Å². The predicted octanol–water partition coefficient (Wildman–Crippen LogP) is -1.21. The van der Waals surface area contributed by atoms with Crippen LogP contribution in [0, 0.1) is 0 Å². The Kier molecular flexibility index (Phi) is 3.15. The molecule has 0 bridgehead atoms. The minimum Gasteiger partial charge on any atom is -0.387 e. The van der Waals surface area contributed by atoms with E-state index in [-0.39, 0.29) is 0 Å². The largest absolute Gasteiger partial charge is 0.387 e. The Labute approximate surface area is 69.2 Å². The molecule has 0 saturated carbocycles.